The minimum Gasteiger partial charge on any atom is -0.340 e. The summed E-state index contributed by atoms with van der Waals surface area (Å²) in [5, 5.41) is 10.2. The van der Waals surface area contributed by atoms with Crippen LogP contribution in [0.3, 0.4) is 0 Å². The molecule has 0 spiro atoms. The van der Waals surface area contributed by atoms with Crippen molar-refractivity contribution >= 4 is 17.6 Å². The van der Waals surface area contributed by atoms with Crippen LogP contribution in [0.25, 0.3) is 0 Å². The molecule has 1 atom stereocenters. The van der Waals surface area contributed by atoms with Gasteiger partial charge < -0.3 is 10.6 Å². The lowest BCUT2D eigenvalue weighted by atomic mass is 10.0. The normalized spacial score (nSPS) is 15.8. The number of aromatic nitrogens is 2. The first-order valence-corrected chi connectivity index (χ1v) is 9.26. The van der Waals surface area contributed by atoms with Crippen molar-refractivity contribution in [2.75, 3.05) is 5.32 Å². The number of nitrogens with one attached hydrogen (secondary N) is 2. The molecule has 0 saturated heterocycles. The van der Waals surface area contributed by atoms with Crippen LogP contribution in [0.4, 0.5) is 5.82 Å². The van der Waals surface area contributed by atoms with Crippen molar-refractivity contribution in [1.29, 1.82) is 0 Å². The molecule has 1 fully saturated rings. The molecule has 1 aliphatic carbocycles. The molecule has 1 saturated carbocycles. The Labute approximate surface area is 154 Å². The minimum absolute atomic E-state index is 0.0366. The predicted molar refractivity (Wildman–Crippen MR) is 101 cm³/mol. The summed E-state index contributed by atoms with van der Waals surface area (Å²) in [6.45, 7) is 3.84. The maximum absolute atomic E-state index is 12.8. The first-order valence-electron chi connectivity index (χ1n) is 9.26. The number of amides is 2. The van der Waals surface area contributed by atoms with Crippen molar-refractivity contribution < 1.29 is 9.59 Å². The third-order valence-electron chi connectivity index (χ3n) is 4.86. The summed E-state index contributed by atoms with van der Waals surface area (Å²) < 4.78 is 1.90. The number of hydrogen-bond donors (Lipinski definition) is 2. The van der Waals surface area contributed by atoms with Crippen LogP contribution in [0.15, 0.2) is 42.6 Å². The van der Waals surface area contributed by atoms with Gasteiger partial charge in [0.2, 0.25) is 5.91 Å². The molecule has 2 amide bonds. The Bertz CT molecular complexity index is 748. The van der Waals surface area contributed by atoms with E-state index in [4.69, 9.17) is 0 Å². The van der Waals surface area contributed by atoms with E-state index in [0.29, 0.717) is 17.4 Å². The number of carbonyl (C=O) groups excluding carboxylic acids is 2. The van der Waals surface area contributed by atoms with Gasteiger partial charge in [-0.1, -0.05) is 44.9 Å². The second kappa shape index (κ2) is 8.17. The number of rotatable bonds is 6. The Kier molecular flexibility index (Phi) is 5.71. The first-order chi connectivity index (χ1) is 12.6. The molecule has 1 unspecified atom stereocenters. The van der Waals surface area contributed by atoms with Crippen molar-refractivity contribution in [3.8, 4) is 0 Å². The lowest BCUT2D eigenvalue weighted by Gasteiger charge is -2.22. The zero-order chi connectivity index (χ0) is 18.5. The average Bonchev–Trinajstić information content (AvgIpc) is 3.31. The zero-order valence-corrected chi connectivity index (χ0v) is 15.3. The molecule has 26 heavy (non-hydrogen) atoms. The third kappa shape index (κ3) is 4.12. The molecule has 6 nitrogen and oxygen atoms in total. The van der Waals surface area contributed by atoms with Gasteiger partial charge in [0.15, 0.2) is 0 Å². The van der Waals surface area contributed by atoms with Crippen LogP contribution >= 0.6 is 0 Å². The SMILES string of the molecule is CC(C)C(NC(=O)c1ccccc1)C(=O)Nc1ccnn1C1CCCC1. The van der Waals surface area contributed by atoms with Crippen LogP contribution < -0.4 is 10.6 Å². The van der Waals surface area contributed by atoms with Gasteiger partial charge in [0, 0.05) is 11.6 Å². The van der Waals surface area contributed by atoms with Gasteiger partial charge >= 0.3 is 0 Å². The van der Waals surface area contributed by atoms with Gasteiger partial charge in [-0.05, 0) is 30.9 Å². The number of anilines is 1. The largest absolute Gasteiger partial charge is 0.340 e. The van der Waals surface area contributed by atoms with E-state index in [9.17, 15) is 9.59 Å². The number of carbonyl (C=O) groups is 2. The Balaban J connectivity index is 1.70. The second-order valence-electron chi connectivity index (χ2n) is 7.15. The van der Waals surface area contributed by atoms with E-state index in [1.165, 1.54) is 12.8 Å². The molecule has 1 aromatic carbocycles. The van der Waals surface area contributed by atoms with Gasteiger partial charge in [-0.2, -0.15) is 5.10 Å². The third-order valence-corrected chi connectivity index (χ3v) is 4.86. The van der Waals surface area contributed by atoms with Crippen molar-refractivity contribution in [3.63, 3.8) is 0 Å². The smallest absolute Gasteiger partial charge is 0.251 e. The number of nitrogens with zero attached hydrogens (tertiary/aromatic N) is 2. The number of hydrogen-bond acceptors (Lipinski definition) is 3. The maximum Gasteiger partial charge on any atom is 0.251 e. The quantitative estimate of drug-likeness (QED) is 0.835. The first kappa shape index (κ1) is 18.2. The highest BCUT2D eigenvalue weighted by Crippen LogP contribution is 2.31. The molecular formula is C20H26N4O2. The summed E-state index contributed by atoms with van der Waals surface area (Å²) >= 11 is 0. The Morgan fingerprint density at radius 1 is 1.12 bits per heavy atom. The van der Waals surface area contributed by atoms with Gasteiger partial charge in [-0.15, -0.1) is 0 Å². The molecule has 0 radical (unpaired) electrons. The second-order valence-corrected chi connectivity index (χ2v) is 7.15. The van der Waals surface area contributed by atoms with E-state index in [0.717, 1.165) is 12.8 Å². The molecule has 1 heterocycles. The summed E-state index contributed by atoms with van der Waals surface area (Å²) in [6.07, 6.45) is 6.27. The van der Waals surface area contributed by atoms with Crippen molar-refractivity contribution in [2.45, 2.75) is 51.6 Å². The van der Waals surface area contributed by atoms with Crippen LogP contribution in [-0.2, 0) is 4.79 Å². The Hall–Kier alpha value is -2.63. The van der Waals surface area contributed by atoms with E-state index in [1.807, 2.05) is 30.7 Å². The maximum atomic E-state index is 12.8. The Morgan fingerprint density at radius 2 is 1.81 bits per heavy atom. The summed E-state index contributed by atoms with van der Waals surface area (Å²) in [5.41, 5.74) is 0.543. The molecular weight excluding hydrogens is 328 g/mol. The number of benzene rings is 1. The highest BCUT2D eigenvalue weighted by atomic mass is 16.2. The van der Waals surface area contributed by atoms with Crippen LogP contribution in [0.1, 0.15) is 55.9 Å². The molecule has 2 aromatic rings. The van der Waals surface area contributed by atoms with Crippen molar-refractivity contribution in [3.05, 3.63) is 48.2 Å². The van der Waals surface area contributed by atoms with Crippen LogP contribution in [0, 0.1) is 5.92 Å². The topological polar surface area (TPSA) is 76.0 Å². The fourth-order valence-corrected chi connectivity index (χ4v) is 3.41. The molecule has 138 valence electrons. The summed E-state index contributed by atoms with van der Waals surface area (Å²) in [4.78, 5) is 25.3. The summed E-state index contributed by atoms with van der Waals surface area (Å²) in [6, 6.07) is 10.5. The van der Waals surface area contributed by atoms with E-state index in [2.05, 4.69) is 15.7 Å². The standard InChI is InChI=1S/C20H26N4O2/c1-14(2)18(23-19(25)15-8-4-3-5-9-15)20(26)22-17-12-13-21-24(17)16-10-6-7-11-16/h3-5,8-9,12-14,16,18H,6-7,10-11H2,1-2H3,(H,22,26)(H,23,25). The van der Waals surface area contributed by atoms with Gasteiger partial charge in [0.25, 0.3) is 5.91 Å². The van der Waals surface area contributed by atoms with Gasteiger partial charge in [0.05, 0.1) is 12.2 Å². The van der Waals surface area contributed by atoms with E-state index in [-0.39, 0.29) is 17.7 Å². The van der Waals surface area contributed by atoms with Crippen LogP contribution in [-0.4, -0.2) is 27.6 Å². The fraction of sp³-hybridized carbons (Fsp3) is 0.450. The van der Waals surface area contributed by atoms with Crippen LogP contribution in [0.2, 0.25) is 0 Å². The average molecular weight is 354 g/mol. The lowest BCUT2D eigenvalue weighted by Crippen LogP contribution is -2.47. The van der Waals surface area contributed by atoms with E-state index in [1.54, 1.807) is 30.5 Å². The lowest BCUT2D eigenvalue weighted by molar-refractivity contribution is -0.118. The Morgan fingerprint density at radius 3 is 2.46 bits per heavy atom. The molecule has 3 rings (SSSR count). The summed E-state index contributed by atoms with van der Waals surface area (Å²) in [7, 11) is 0. The van der Waals surface area contributed by atoms with Crippen molar-refractivity contribution in [1.82, 2.24) is 15.1 Å². The van der Waals surface area contributed by atoms with E-state index >= 15 is 0 Å². The fourth-order valence-electron chi connectivity index (χ4n) is 3.41. The minimum atomic E-state index is -0.616. The molecule has 0 aliphatic heterocycles. The predicted octanol–water partition coefficient (Wildman–Crippen LogP) is 3.39. The summed E-state index contributed by atoms with van der Waals surface area (Å²) in [5.74, 6) is 0.194. The molecule has 2 N–H and O–H groups in total. The zero-order valence-electron chi connectivity index (χ0n) is 15.3. The molecule has 1 aromatic heterocycles. The van der Waals surface area contributed by atoms with Gasteiger partial charge in [0.1, 0.15) is 11.9 Å². The van der Waals surface area contributed by atoms with Crippen LogP contribution in [0.5, 0.6) is 0 Å². The van der Waals surface area contributed by atoms with Gasteiger partial charge in [-0.3, -0.25) is 9.59 Å². The molecule has 0 bridgehead atoms. The monoisotopic (exact) mass is 354 g/mol. The highest BCUT2D eigenvalue weighted by Gasteiger charge is 2.27. The van der Waals surface area contributed by atoms with E-state index < -0.39 is 6.04 Å². The van der Waals surface area contributed by atoms with Gasteiger partial charge in [-0.25, -0.2) is 4.68 Å². The molecule has 1 aliphatic rings. The highest BCUT2D eigenvalue weighted by molar-refractivity contribution is 6.01. The molecule has 6 heteroatoms. The van der Waals surface area contributed by atoms with Crippen molar-refractivity contribution in [2.24, 2.45) is 5.92 Å².